The van der Waals surface area contributed by atoms with E-state index in [1.807, 2.05) is 36.4 Å². The first-order chi connectivity index (χ1) is 12.6. The molecule has 1 aromatic heterocycles. The van der Waals surface area contributed by atoms with E-state index in [4.69, 9.17) is 9.72 Å². The van der Waals surface area contributed by atoms with Gasteiger partial charge in [-0.25, -0.2) is 4.98 Å². The standard InChI is InChI=1S/C22H28N2O2/c1-4-21(17-10-6-5-7-11-17)26-15-18(25)14-24-20-13-9-8-12-19(20)23-22(24)16(2)3/h5-13,16,18,21,25H,4,14-15H2,1-3H3. The monoisotopic (exact) mass is 352 g/mol. The van der Waals surface area contributed by atoms with Crippen molar-refractivity contribution in [2.24, 2.45) is 0 Å². The van der Waals surface area contributed by atoms with Crippen LogP contribution >= 0.6 is 0 Å². The average Bonchev–Trinajstić information content (AvgIpc) is 3.02. The summed E-state index contributed by atoms with van der Waals surface area (Å²) in [5, 5.41) is 10.6. The summed E-state index contributed by atoms with van der Waals surface area (Å²) in [5.41, 5.74) is 3.18. The molecule has 1 N–H and O–H groups in total. The third kappa shape index (κ3) is 4.14. The van der Waals surface area contributed by atoms with Gasteiger partial charge in [-0.15, -0.1) is 0 Å². The number of para-hydroxylation sites is 2. The quantitative estimate of drug-likeness (QED) is 0.640. The number of imidazole rings is 1. The van der Waals surface area contributed by atoms with E-state index in [0.717, 1.165) is 28.8 Å². The molecular formula is C22H28N2O2. The number of aromatic nitrogens is 2. The summed E-state index contributed by atoms with van der Waals surface area (Å²) < 4.78 is 8.14. The third-order valence-corrected chi connectivity index (χ3v) is 4.63. The highest BCUT2D eigenvalue weighted by atomic mass is 16.5. The molecule has 0 saturated heterocycles. The van der Waals surface area contributed by atoms with Crippen LogP contribution in [0.4, 0.5) is 0 Å². The smallest absolute Gasteiger partial charge is 0.112 e. The Morgan fingerprint density at radius 3 is 2.42 bits per heavy atom. The second-order valence-electron chi connectivity index (χ2n) is 7.02. The van der Waals surface area contributed by atoms with E-state index in [0.29, 0.717) is 19.1 Å². The van der Waals surface area contributed by atoms with Crippen LogP contribution in [0.3, 0.4) is 0 Å². The molecule has 0 spiro atoms. The van der Waals surface area contributed by atoms with E-state index < -0.39 is 6.10 Å². The number of aliphatic hydroxyl groups is 1. The summed E-state index contributed by atoms with van der Waals surface area (Å²) in [6.45, 7) is 7.15. The van der Waals surface area contributed by atoms with Crippen LogP contribution in [0.25, 0.3) is 11.0 Å². The Kier molecular flexibility index (Phi) is 6.07. The molecule has 0 aliphatic carbocycles. The van der Waals surface area contributed by atoms with Crippen LogP contribution in [0.2, 0.25) is 0 Å². The first kappa shape index (κ1) is 18.6. The van der Waals surface area contributed by atoms with Crippen molar-refractivity contribution in [3.8, 4) is 0 Å². The van der Waals surface area contributed by atoms with Gasteiger partial charge in [-0.3, -0.25) is 0 Å². The predicted molar refractivity (Wildman–Crippen MR) is 105 cm³/mol. The van der Waals surface area contributed by atoms with Crippen molar-refractivity contribution >= 4 is 11.0 Å². The molecule has 138 valence electrons. The second kappa shape index (κ2) is 8.47. The molecular weight excluding hydrogens is 324 g/mol. The highest BCUT2D eigenvalue weighted by molar-refractivity contribution is 5.76. The minimum absolute atomic E-state index is 0.00921. The van der Waals surface area contributed by atoms with E-state index in [2.05, 4.69) is 43.5 Å². The van der Waals surface area contributed by atoms with Gasteiger partial charge in [0, 0.05) is 5.92 Å². The van der Waals surface area contributed by atoms with E-state index in [1.54, 1.807) is 0 Å². The summed E-state index contributed by atoms with van der Waals surface area (Å²) >= 11 is 0. The normalized spacial score (nSPS) is 14.0. The van der Waals surface area contributed by atoms with Crippen molar-refractivity contribution in [2.75, 3.05) is 6.61 Å². The van der Waals surface area contributed by atoms with Crippen LogP contribution in [-0.2, 0) is 11.3 Å². The zero-order chi connectivity index (χ0) is 18.5. The minimum atomic E-state index is -0.581. The molecule has 4 heteroatoms. The lowest BCUT2D eigenvalue weighted by atomic mass is 10.1. The highest BCUT2D eigenvalue weighted by Crippen LogP contribution is 2.24. The van der Waals surface area contributed by atoms with Crippen molar-refractivity contribution in [1.29, 1.82) is 0 Å². The number of aliphatic hydroxyl groups excluding tert-OH is 1. The summed E-state index contributed by atoms with van der Waals surface area (Å²) in [6, 6.07) is 18.3. The zero-order valence-corrected chi connectivity index (χ0v) is 15.8. The zero-order valence-electron chi connectivity index (χ0n) is 15.8. The molecule has 3 rings (SSSR count). The lowest BCUT2D eigenvalue weighted by Crippen LogP contribution is -2.24. The summed E-state index contributed by atoms with van der Waals surface area (Å²) in [4.78, 5) is 4.74. The van der Waals surface area contributed by atoms with E-state index in [-0.39, 0.29) is 6.10 Å². The predicted octanol–water partition coefficient (Wildman–Crippen LogP) is 4.69. The fourth-order valence-electron chi connectivity index (χ4n) is 3.33. The summed E-state index contributed by atoms with van der Waals surface area (Å²) in [5.74, 6) is 1.29. The van der Waals surface area contributed by atoms with Gasteiger partial charge in [0.1, 0.15) is 5.82 Å². The van der Waals surface area contributed by atoms with Gasteiger partial charge in [0.05, 0.1) is 36.4 Å². The first-order valence-electron chi connectivity index (χ1n) is 9.40. The molecule has 0 fully saturated rings. The van der Waals surface area contributed by atoms with Crippen LogP contribution in [0.15, 0.2) is 54.6 Å². The van der Waals surface area contributed by atoms with Gasteiger partial charge in [0.25, 0.3) is 0 Å². The molecule has 4 nitrogen and oxygen atoms in total. The van der Waals surface area contributed by atoms with Crippen LogP contribution in [0.5, 0.6) is 0 Å². The largest absolute Gasteiger partial charge is 0.389 e. The van der Waals surface area contributed by atoms with Crippen molar-refractivity contribution in [1.82, 2.24) is 9.55 Å². The number of fused-ring (bicyclic) bond motifs is 1. The van der Waals surface area contributed by atoms with Gasteiger partial charge in [0.2, 0.25) is 0 Å². The van der Waals surface area contributed by atoms with Crippen molar-refractivity contribution < 1.29 is 9.84 Å². The van der Waals surface area contributed by atoms with Gasteiger partial charge in [-0.1, -0.05) is 63.2 Å². The van der Waals surface area contributed by atoms with Gasteiger partial charge >= 0.3 is 0 Å². The molecule has 2 atom stereocenters. The minimum Gasteiger partial charge on any atom is -0.389 e. The van der Waals surface area contributed by atoms with Crippen LogP contribution < -0.4 is 0 Å². The molecule has 26 heavy (non-hydrogen) atoms. The van der Waals surface area contributed by atoms with Crippen LogP contribution in [0, 0.1) is 0 Å². The second-order valence-corrected chi connectivity index (χ2v) is 7.02. The molecule has 0 amide bonds. The SMILES string of the molecule is CCC(OCC(O)Cn1c(C(C)C)nc2ccccc21)c1ccccc1. The number of hydrogen-bond acceptors (Lipinski definition) is 3. The maximum Gasteiger partial charge on any atom is 0.112 e. The Bertz CT molecular complexity index is 827. The van der Waals surface area contributed by atoms with Crippen LogP contribution in [-0.4, -0.2) is 27.4 Å². The third-order valence-electron chi connectivity index (χ3n) is 4.63. The summed E-state index contributed by atoms with van der Waals surface area (Å²) in [6.07, 6.45) is 0.306. The first-order valence-corrected chi connectivity index (χ1v) is 9.40. The number of hydrogen-bond donors (Lipinski definition) is 1. The number of rotatable bonds is 8. The fraction of sp³-hybridized carbons (Fsp3) is 0.409. The maximum absolute atomic E-state index is 10.6. The number of ether oxygens (including phenoxy) is 1. The molecule has 0 bridgehead atoms. The van der Waals surface area contributed by atoms with Crippen LogP contribution in [0.1, 0.15) is 50.6 Å². The lowest BCUT2D eigenvalue weighted by molar-refractivity contribution is -0.0174. The highest BCUT2D eigenvalue weighted by Gasteiger charge is 2.18. The van der Waals surface area contributed by atoms with Crippen molar-refractivity contribution in [3.05, 3.63) is 66.0 Å². The molecule has 0 radical (unpaired) electrons. The Labute approximate surface area is 155 Å². The average molecular weight is 352 g/mol. The summed E-state index contributed by atoms with van der Waals surface area (Å²) in [7, 11) is 0. The Hall–Kier alpha value is -2.17. The van der Waals surface area contributed by atoms with Gasteiger partial charge < -0.3 is 14.4 Å². The van der Waals surface area contributed by atoms with E-state index in [1.165, 1.54) is 0 Å². The number of benzene rings is 2. The Morgan fingerprint density at radius 2 is 1.73 bits per heavy atom. The molecule has 2 unspecified atom stereocenters. The van der Waals surface area contributed by atoms with Gasteiger partial charge in [-0.05, 0) is 24.1 Å². The molecule has 0 aliphatic heterocycles. The Balaban J connectivity index is 1.71. The molecule has 0 saturated carbocycles. The van der Waals surface area contributed by atoms with E-state index >= 15 is 0 Å². The molecule has 2 aromatic carbocycles. The van der Waals surface area contributed by atoms with Gasteiger partial charge in [-0.2, -0.15) is 0 Å². The molecule has 1 heterocycles. The molecule has 3 aromatic rings. The maximum atomic E-state index is 10.6. The lowest BCUT2D eigenvalue weighted by Gasteiger charge is -2.20. The Morgan fingerprint density at radius 1 is 1.04 bits per heavy atom. The topological polar surface area (TPSA) is 47.3 Å². The van der Waals surface area contributed by atoms with E-state index in [9.17, 15) is 5.11 Å². The molecule has 0 aliphatic rings. The van der Waals surface area contributed by atoms with Gasteiger partial charge in [0.15, 0.2) is 0 Å². The van der Waals surface area contributed by atoms with Crippen molar-refractivity contribution in [3.63, 3.8) is 0 Å². The van der Waals surface area contributed by atoms with Crippen molar-refractivity contribution in [2.45, 2.75) is 51.9 Å². The number of nitrogens with zero attached hydrogens (tertiary/aromatic N) is 2. The fourth-order valence-corrected chi connectivity index (χ4v) is 3.33.